The van der Waals surface area contributed by atoms with Crippen LogP contribution in [-0.4, -0.2) is 61.4 Å². The van der Waals surface area contributed by atoms with Gasteiger partial charge in [-0.25, -0.2) is 0 Å². The number of fused-ring (bicyclic) bond motifs is 3. The van der Waals surface area contributed by atoms with E-state index < -0.39 is 17.9 Å². The van der Waals surface area contributed by atoms with Crippen LogP contribution in [-0.2, 0) is 43.4 Å². The van der Waals surface area contributed by atoms with Crippen molar-refractivity contribution in [3.8, 4) is 22.8 Å². The number of nitrogens with two attached hydrogens (primary N) is 1. The van der Waals surface area contributed by atoms with E-state index in [0.29, 0.717) is 74.1 Å². The topological polar surface area (TPSA) is 155 Å². The minimum atomic E-state index is -4.91. The number of alkyl halides is 3. The minimum Gasteiger partial charge on any atom is -0.507 e. The molecule has 0 aliphatic carbocycles. The molecule has 0 spiro atoms. The van der Waals surface area contributed by atoms with E-state index in [-0.39, 0.29) is 24.3 Å². The Labute approximate surface area is 256 Å². The lowest BCUT2D eigenvalue weighted by Gasteiger charge is -2.21. The van der Waals surface area contributed by atoms with Gasteiger partial charge in [-0.15, -0.1) is 23.4 Å². The van der Waals surface area contributed by atoms with E-state index in [4.69, 9.17) is 9.47 Å². The van der Waals surface area contributed by atoms with Gasteiger partial charge in [-0.2, -0.15) is 0 Å². The van der Waals surface area contributed by atoms with Crippen molar-refractivity contribution in [2.45, 2.75) is 85.3 Å². The van der Waals surface area contributed by atoms with Crippen LogP contribution in [0.3, 0.4) is 0 Å². The van der Waals surface area contributed by atoms with E-state index in [1.165, 1.54) is 19.5 Å². The number of hydrogen-bond donors (Lipinski definition) is 3. The van der Waals surface area contributed by atoms with Crippen molar-refractivity contribution in [1.82, 2.24) is 10.2 Å². The second kappa shape index (κ2) is 21.1. The summed E-state index contributed by atoms with van der Waals surface area (Å²) in [5, 5.41) is 22.9. The van der Waals surface area contributed by atoms with Gasteiger partial charge < -0.3 is 35.1 Å². The molecule has 1 aliphatic heterocycles. The highest BCUT2D eigenvalue weighted by Crippen LogP contribution is 2.41. The SMILES string of the molecule is CCCCCC(CC)CNc1nnc2c(c1COC=O)CCCOCc1cc(OC(F)(F)F)cc(O)c1-2.CCOC=O.CN. The molecule has 44 heavy (non-hydrogen) atoms. The molecule has 1 aromatic heterocycles. The average molecular weight is 631 g/mol. The van der Waals surface area contributed by atoms with Crippen LogP contribution < -0.4 is 15.8 Å². The lowest BCUT2D eigenvalue weighted by Crippen LogP contribution is -2.18. The number of phenolic OH excluding ortho intramolecular Hbond substituents is 1. The number of carbonyl (C=O) groups is 2. The Morgan fingerprint density at radius 1 is 1.11 bits per heavy atom. The Bertz CT molecular complexity index is 1140. The zero-order valence-corrected chi connectivity index (χ0v) is 25.9. The summed E-state index contributed by atoms with van der Waals surface area (Å²) in [6, 6.07) is 2.07. The van der Waals surface area contributed by atoms with Crippen LogP contribution in [0.5, 0.6) is 11.5 Å². The van der Waals surface area contributed by atoms with Crippen molar-refractivity contribution >= 4 is 18.8 Å². The maximum atomic E-state index is 12.8. The number of hydrogen-bond acceptors (Lipinski definition) is 11. The second-order valence-electron chi connectivity index (χ2n) is 9.64. The first kappa shape index (κ1) is 38.4. The maximum absolute atomic E-state index is 12.8. The molecule has 0 saturated heterocycles. The van der Waals surface area contributed by atoms with E-state index >= 15 is 0 Å². The Kier molecular flexibility index (Phi) is 18.4. The maximum Gasteiger partial charge on any atom is 0.573 e. The number of rotatable bonds is 14. The molecule has 3 rings (SSSR count). The third-order valence-electron chi connectivity index (χ3n) is 6.68. The largest absolute Gasteiger partial charge is 0.573 e. The van der Waals surface area contributed by atoms with Gasteiger partial charge in [-0.05, 0) is 56.3 Å². The number of unbranched alkanes of at least 4 members (excludes halogenated alkanes) is 2. The molecule has 14 heteroatoms. The summed E-state index contributed by atoms with van der Waals surface area (Å²) in [6.45, 7) is 8.21. The zero-order valence-electron chi connectivity index (χ0n) is 25.9. The van der Waals surface area contributed by atoms with Gasteiger partial charge >= 0.3 is 6.36 Å². The van der Waals surface area contributed by atoms with Gasteiger partial charge in [0.05, 0.1) is 13.2 Å². The molecule has 2 heterocycles. The molecule has 0 radical (unpaired) electrons. The number of aromatic hydroxyl groups is 1. The fraction of sp³-hybridized carbons (Fsp3) is 0.600. The molecule has 0 fully saturated rings. The van der Waals surface area contributed by atoms with Gasteiger partial charge in [0.25, 0.3) is 12.9 Å². The van der Waals surface area contributed by atoms with Crippen molar-refractivity contribution in [3.05, 3.63) is 28.8 Å². The standard InChI is InChI=1S/C26H34F3N3O5.C3H6O2.CH5N/c1-3-5-6-8-17(4-2)13-30-25-21(15-36-16-33)20-9-7-10-35-14-18-11-19(37-26(27,28)29)12-22(34)23(18)24(20)31-32-25;1-2-5-3-4;1-2/h11-12,16-17,34H,3-10,13-15H2,1-2H3,(H,30,32);3H,2H2,1H3;2H2,1H3. The highest BCUT2D eigenvalue weighted by Gasteiger charge is 2.32. The third-order valence-corrected chi connectivity index (χ3v) is 6.68. The molecular formula is C30H45F3N4O7. The normalized spacial score (nSPS) is 13.0. The number of halogens is 3. The number of benzene rings is 1. The van der Waals surface area contributed by atoms with Crippen LogP contribution in [0.25, 0.3) is 11.3 Å². The smallest absolute Gasteiger partial charge is 0.507 e. The Morgan fingerprint density at radius 2 is 1.84 bits per heavy atom. The predicted octanol–water partition coefficient (Wildman–Crippen LogP) is 5.66. The van der Waals surface area contributed by atoms with Crippen LogP contribution in [0.15, 0.2) is 12.1 Å². The van der Waals surface area contributed by atoms with E-state index in [2.05, 4.69) is 44.6 Å². The van der Waals surface area contributed by atoms with Gasteiger partial charge in [-0.3, -0.25) is 9.59 Å². The molecule has 2 aromatic rings. The third kappa shape index (κ3) is 12.9. The van der Waals surface area contributed by atoms with Crippen LogP contribution in [0.4, 0.5) is 19.0 Å². The van der Waals surface area contributed by atoms with Gasteiger partial charge in [-0.1, -0.05) is 39.5 Å². The Hall–Kier alpha value is -3.65. The Balaban J connectivity index is 0.00000125. The van der Waals surface area contributed by atoms with Crippen LogP contribution in [0.1, 0.15) is 76.0 Å². The van der Waals surface area contributed by atoms with E-state index in [1.807, 2.05) is 0 Å². The number of nitrogens with zero attached hydrogens (tertiary/aromatic N) is 2. The van der Waals surface area contributed by atoms with Crippen molar-refractivity contribution in [1.29, 1.82) is 0 Å². The predicted molar refractivity (Wildman–Crippen MR) is 159 cm³/mol. The van der Waals surface area contributed by atoms with Crippen LogP contribution >= 0.6 is 0 Å². The van der Waals surface area contributed by atoms with Crippen molar-refractivity contribution in [2.24, 2.45) is 11.7 Å². The first-order valence-corrected chi connectivity index (χ1v) is 14.7. The number of aromatic nitrogens is 2. The molecule has 248 valence electrons. The van der Waals surface area contributed by atoms with Gasteiger partial charge in [0.1, 0.15) is 23.8 Å². The highest BCUT2D eigenvalue weighted by atomic mass is 19.4. The Morgan fingerprint density at radius 3 is 2.43 bits per heavy atom. The number of anilines is 1. The molecule has 0 amide bonds. The van der Waals surface area contributed by atoms with E-state index in [9.17, 15) is 27.9 Å². The number of ether oxygens (including phenoxy) is 4. The monoisotopic (exact) mass is 630 g/mol. The van der Waals surface area contributed by atoms with Gasteiger partial charge in [0.2, 0.25) is 0 Å². The minimum absolute atomic E-state index is 0.0464. The molecule has 1 aliphatic rings. The van der Waals surface area contributed by atoms with Crippen molar-refractivity contribution < 1.29 is 46.8 Å². The molecule has 1 atom stereocenters. The van der Waals surface area contributed by atoms with Crippen molar-refractivity contribution in [2.75, 3.05) is 32.1 Å². The lowest BCUT2D eigenvalue weighted by atomic mass is 9.94. The average Bonchev–Trinajstić information content (AvgIpc) is 3.08. The summed E-state index contributed by atoms with van der Waals surface area (Å²) >= 11 is 0. The summed E-state index contributed by atoms with van der Waals surface area (Å²) in [7, 11) is 1.50. The number of carbonyl (C=O) groups excluding carboxylic acids is 2. The summed E-state index contributed by atoms with van der Waals surface area (Å²) in [5.74, 6) is -0.0864. The van der Waals surface area contributed by atoms with Crippen molar-refractivity contribution in [3.63, 3.8) is 0 Å². The summed E-state index contributed by atoms with van der Waals surface area (Å²) < 4.78 is 57.3. The zero-order chi connectivity index (χ0) is 33.0. The first-order valence-electron chi connectivity index (χ1n) is 14.7. The molecule has 4 N–H and O–H groups in total. The molecule has 0 bridgehead atoms. The van der Waals surface area contributed by atoms with E-state index in [1.54, 1.807) is 6.92 Å². The number of phenols is 1. The molecule has 11 nitrogen and oxygen atoms in total. The summed E-state index contributed by atoms with van der Waals surface area (Å²) in [4.78, 5) is 20.2. The second-order valence-corrected chi connectivity index (χ2v) is 9.64. The molecule has 1 aromatic carbocycles. The summed E-state index contributed by atoms with van der Waals surface area (Å²) in [5.41, 5.74) is 6.60. The van der Waals surface area contributed by atoms with Crippen LogP contribution in [0, 0.1) is 5.92 Å². The highest BCUT2D eigenvalue weighted by molar-refractivity contribution is 5.76. The van der Waals surface area contributed by atoms with Gasteiger partial charge in [0.15, 0.2) is 5.82 Å². The van der Waals surface area contributed by atoms with E-state index in [0.717, 1.165) is 31.7 Å². The number of nitrogens with one attached hydrogen (secondary N) is 1. The molecule has 1 unspecified atom stereocenters. The fourth-order valence-corrected chi connectivity index (χ4v) is 4.60. The molecular weight excluding hydrogens is 585 g/mol. The first-order chi connectivity index (χ1) is 21.2. The molecule has 0 saturated carbocycles. The summed E-state index contributed by atoms with van der Waals surface area (Å²) in [6.07, 6.45) is 1.69. The lowest BCUT2D eigenvalue weighted by molar-refractivity contribution is -0.274. The van der Waals surface area contributed by atoms with Crippen LogP contribution in [0.2, 0.25) is 0 Å². The van der Waals surface area contributed by atoms with Gasteiger partial charge in [0, 0.05) is 30.3 Å². The fourth-order valence-electron chi connectivity index (χ4n) is 4.60. The quantitative estimate of drug-likeness (QED) is 0.175.